The number of nitrogens with one attached hydrogen (secondary N) is 1. The van der Waals surface area contributed by atoms with Crippen molar-refractivity contribution in [3.05, 3.63) is 131 Å². The minimum Gasteiger partial charge on any atom is -0.497 e. The number of methoxy groups -OCH3 is 1. The molecule has 0 spiro atoms. The summed E-state index contributed by atoms with van der Waals surface area (Å²) in [5.74, 6) is 2.20. The van der Waals surface area contributed by atoms with Crippen LogP contribution in [0.2, 0.25) is 10.0 Å². The number of halogens is 2. The summed E-state index contributed by atoms with van der Waals surface area (Å²) in [6.07, 6.45) is 3.78. The molecule has 0 aliphatic carbocycles. The van der Waals surface area contributed by atoms with Gasteiger partial charge in [-0.05, 0) is 103 Å². The molecule has 3 aromatic carbocycles. The molecule has 0 radical (unpaired) electrons. The van der Waals surface area contributed by atoms with Gasteiger partial charge in [-0.15, -0.1) is 0 Å². The fraction of sp³-hybridized carbons (Fsp3) is 0.0968. The zero-order chi connectivity index (χ0) is 27.6. The lowest BCUT2D eigenvalue weighted by Crippen LogP contribution is -2.30. The lowest BCUT2D eigenvalue weighted by atomic mass is 10.0. The molecule has 5 aromatic rings. The van der Waals surface area contributed by atoms with Crippen molar-refractivity contribution in [2.75, 3.05) is 12.0 Å². The quantitative estimate of drug-likeness (QED) is 0.194. The first kappa shape index (κ1) is 26.2. The summed E-state index contributed by atoms with van der Waals surface area (Å²) >= 11 is 18.7. The molecule has 6 nitrogen and oxygen atoms in total. The number of thiocarbonyl (C=S) groups is 1. The van der Waals surface area contributed by atoms with Crippen molar-refractivity contribution in [2.45, 2.75) is 12.1 Å². The number of benzene rings is 3. The molecular weight excluding hydrogens is 563 g/mol. The highest BCUT2D eigenvalue weighted by atomic mass is 35.5. The van der Waals surface area contributed by atoms with Crippen molar-refractivity contribution < 1.29 is 9.47 Å². The number of aromatic nitrogens is 2. The molecule has 2 aromatic heterocycles. The number of pyridine rings is 1. The van der Waals surface area contributed by atoms with Crippen molar-refractivity contribution in [3.63, 3.8) is 0 Å². The van der Waals surface area contributed by atoms with E-state index in [9.17, 15) is 0 Å². The molecule has 1 aliphatic rings. The standard InChI is InChI=1S/C31H24Cl2N4O2S/c1-38-22-12-14-24(15-13-22)39-23-10-8-21(9-11-23)37-30(29(35-31(37)40)26-5-2-3-17-34-26)28-6-4-18-36(28)27-16-7-20(32)19-25(27)33/h2-19,29-30H,1H3,(H,35,40)/t29-,30-/m1/s1. The smallest absolute Gasteiger partial charge is 0.174 e. The number of hydrogen-bond donors (Lipinski definition) is 1. The van der Waals surface area contributed by atoms with E-state index in [-0.39, 0.29) is 12.1 Å². The Balaban J connectivity index is 1.38. The predicted octanol–water partition coefficient (Wildman–Crippen LogP) is 8.16. The minimum absolute atomic E-state index is 0.205. The van der Waals surface area contributed by atoms with Crippen molar-refractivity contribution in [1.82, 2.24) is 14.9 Å². The molecular formula is C31H24Cl2N4O2S. The Kier molecular flexibility index (Phi) is 7.34. The third-order valence-electron chi connectivity index (χ3n) is 6.76. The summed E-state index contributed by atoms with van der Waals surface area (Å²) in [5, 5.41) is 5.24. The van der Waals surface area contributed by atoms with Crippen LogP contribution >= 0.6 is 35.4 Å². The van der Waals surface area contributed by atoms with Gasteiger partial charge in [0, 0.05) is 28.8 Å². The molecule has 9 heteroatoms. The lowest BCUT2D eigenvalue weighted by Gasteiger charge is -2.29. The van der Waals surface area contributed by atoms with E-state index >= 15 is 0 Å². The largest absolute Gasteiger partial charge is 0.497 e. The molecule has 6 rings (SSSR count). The summed E-state index contributed by atoms with van der Waals surface area (Å²) in [5.41, 5.74) is 3.61. The molecule has 1 N–H and O–H groups in total. The van der Waals surface area contributed by atoms with E-state index in [4.69, 9.17) is 44.9 Å². The van der Waals surface area contributed by atoms with E-state index in [0.29, 0.717) is 20.9 Å². The molecule has 1 fully saturated rings. The second-order valence-corrected chi connectivity index (χ2v) is 10.4. The highest BCUT2D eigenvalue weighted by Gasteiger charge is 2.42. The number of hydrogen-bond acceptors (Lipinski definition) is 4. The fourth-order valence-corrected chi connectivity index (χ4v) is 5.76. The highest BCUT2D eigenvalue weighted by Crippen LogP contribution is 2.43. The van der Waals surface area contributed by atoms with Crippen LogP contribution in [0, 0.1) is 0 Å². The Hall–Kier alpha value is -4.04. The fourth-order valence-electron chi connectivity index (χ4n) is 4.92. The molecule has 40 heavy (non-hydrogen) atoms. The maximum Gasteiger partial charge on any atom is 0.174 e. The maximum atomic E-state index is 6.64. The van der Waals surface area contributed by atoms with Gasteiger partial charge in [-0.1, -0.05) is 29.3 Å². The van der Waals surface area contributed by atoms with Crippen LogP contribution in [0.5, 0.6) is 17.2 Å². The highest BCUT2D eigenvalue weighted by molar-refractivity contribution is 7.80. The van der Waals surface area contributed by atoms with Crippen molar-refractivity contribution in [3.8, 4) is 22.9 Å². The van der Waals surface area contributed by atoms with Gasteiger partial charge in [0.05, 0.1) is 29.6 Å². The Labute approximate surface area is 247 Å². The number of rotatable bonds is 7. The SMILES string of the molecule is COc1ccc(Oc2ccc(N3C(=S)N[C@H](c4ccccn4)[C@H]3c3cccn3-c3ccc(Cl)cc3Cl)cc2)cc1. The summed E-state index contributed by atoms with van der Waals surface area (Å²) in [6.45, 7) is 0. The van der Waals surface area contributed by atoms with Crippen LogP contribution in [0.1, 0.15) is 23.5 Å². The van der Waals surface area contributed by atoms with E-state index in [1.807, 2.05) is 91.1 Å². The molecule has 0 amide bonds. The van der Waals surface area contributed by atoms with E-state index in [1.165, 1.54) is 0 Å². The molecule has 1 aliphatic heterocycles. The van der Waals surface area contributed by atoms with Crippen LogP contribution in [0.15, 0.2) is 109 Å². The van der Waals surface area contributed by atoms with Gasteiger partial charge in [-0.25, -0.2) is 0 Å². The summed E-state index contributed by atoms with van der Waals surface area (Å²) in [4.78, 5) is 6.77. The van der Waals surface area contributed by atoms with Crippen LogP contribution in [0.25, 0.3) is 5.69 Å². The van der Waals surface area contributed by atoms with E-state index in [2.05, 4.69) is 25.8 Å². The molecule has 0 saturated carbocycles. The Bertz CT molecular complexity index is 1640. The number of ether oxygens (including phenoxy) is 2. The van der Waals surface area contributed by atoms with Crippen molar-refractivity contribution in [2.24, 2.45) is 0 Å². The van der Waals surface area contributed by atoms with Crippen LogP contribution in [0.4, 0.5) is 5.69 Å². The second kappa shape index (κ2) is 11.2. The van der Waals surface area contributed by atoms with Gasteiger partial charge >= 0.3 is 0 Å². The summed E-state index contributed by atoms with van der Waals surface area (Å²) < 4.78 is 13.4. The van der Waals surface area contributed by atoms with Crippen LogP contribution in [0.3, 0.4) is 0 Å². The van der Waals surface area contributed by atoms with Gasteiger partial charge < -0.3 is 24.3 Å². The van der Waals surface area contributed by atoms with E-state index < -0.39 is 0 Å². The van der Waals surface area contributed by atoms with Crippen LogP contribution in [-0.4, -0.2) is 21.8 Å². The third-order valence-corrected chi connectivity index (χ3v) is 7.61. The first-order chi connectivity index (χ1) is 19.5. The van der Waals surface area contributed by atoms with Crippen molar-refractivity contribution >= 4 is 46.2 Å². The average Bonchev–Trinajstić information content (AvgIpc) is 3.58. The maximum absolute atomic E-state index is 6.64. The van der Waals surface area contributed by atoms with Gasteiger partial charge in [0.15, 0.2) is 5.11 Å². The summed E-state index contributed by atoms with van der Waals surface area (Å²) in [6, 6.07) is 30.4. The second-order valence-electron chi connectivity index (χ2n) is 9.17. The van der Waals surface area contributed by atoms with Crippen molar-refractivity contribution in [1.29, 1.82) is 0 Å². The van der Waals surface area contributed by atoms with Gasteiger partial charge in [-0.3, -0.25) is 4.98 Å². The third kappa shape index (κ3) is 5.11. The zero-order valence-corrected chi connectivity index (χ0v) is 23.7. The van der Waals surface area contributed by atoms with Crippen LogP contribution < -0.4 is 19.7 Å². The predicted molar refractivity (Wildman–Crippen MR) is 163 cm³/mol. The Morgan fingerprint density at radius 1 is 0.850 bits per heavy atom. The molecule has 200 valence electrons. The summed E-state index contributed by atoms with van der Waals surface area (Å²) in [7, 11) is 1.64. The number of anilines is 1. The van der Waals surface area contributed by atoms with Gasteiger partial charge in [0.2, 0.25) is 0 Å². The van der Waals surface area contributed by atoms with Gasteiger partial charge in [0.1, 0.15) is 23.3 Å². The van der Waals surface area contributed by atoms with Crippen LogP contribution in [-0.2, 0) is 0 Å². The average molecular weight is 588 g/mol. The first-order valence-corrected chi connectivity index (χ1v) is 13.7. The minimum atomic E-state index is -0.225. The van der Waals surface area contributed by atoms with E-state index in [0.717, 1.165) is 34.3 Å². The number of nitrogens with zero attached hydrogens (tertiary/aromatic N) is 3. The molecule has 0 bridgehead atoms. The lowest BCUT2D eigenvalue weighted by molar-refractivity contribution is 0.413. The normalized spacial score (nSPS) is 16.6. The topological polar surface area (TPSA) is 51.6 Å². The molecule has 0 unspecified atom stereocenters. The van der Waals surface area contributed by atoms with Gasteiger partial charge in [-0.2, -0.15) is 0 Å². The Morgan fingerprint density at radius 2 is 1.57 bits per heavy atom. The van der Waals surface area contributed by atoms with Gasteiger partial charge in [0.25, 0.3) is 0 Å². The molecule has 3 heterocycles. The first-order valence-electron chi connectivity index (χ1n) is 12.6. The Morgan fingerprint density at radius 3 is 2.25 bits per heavy atom. The van der Waals surface area contributed by atoms with E-state index in [1.54, 1.807) is 19.4 Å². The molecule has 1 saturated heterocycles. The molecule has 2 atom stereocenters. The monoisotopic (exact) mass is 586 g/mol. The zero-order valence-electron chi connectivity index (χ0n) is 21.4.